The molecule has 1 aliphatic heterocycles. The predicted molar refractivity (Wildman–Crippen MR) is 90.0 cm³/mol. The maximum atomic E-state index is 11.4. The van der Waals surface area contributed by atoms with Crippen molar-refractivity contribution in [3.8, 4) is 0 Å². The van der Waals surface area contributed by atoms with E-state index in [4.69, 9.17) is 9.15 Å². The second-order valence-corrected chi connectivity index (χ2v) is 6.19. The molecule has 0 aliphatic carbocycles. The number of aliphatic carboxylic acids is 1. The first-order valence-corrected chi connectivity index (χ1v) is 8.29. The second-order valence-electron chi connectivity index (χ2n) is 5.19. The first-order chi connectivity index (χ1) is 11.6. The van der Waals surface area contributed by atoms with Gasteiger partial charge in [-0.05, 0) is 35.5 Å². The van der Waals surface area contributed by atoms with Crippen LogP contribution in [0.3, 0.4) is 0 Å². The number of aryl methyl sites for hydroxylation is 1. The van der Waals surface area contributed by atoms with Crippen molar-refractivity contribution in [1.29, 1.82) is 0 Å². The van der Waals surface area contributed by atoms with Crippen LogP contribution in [0.1, 0.15) is 11.5 Å². The van der Waals surface area contributed by atoms with Crippen molar-refractivity contribution < 1.29 is 19.1 Å². The molecule has 0 bridgehead atoms. The van der Waals surface area contributed by atoms with Crippen molar-refractivity contribution in [2.45, 2.75) is 12.1 Å². The summed E-state index contributed by atoms with van der Waals surface area (Å²) in [6.45, 7) is 4.84. The third-order valence-corrected chi connectivity index (χ3v) is 4.33. The van der Waals surface area contributed by atoms with E-state index in [0.717, 1.165) is 49.3 Å². The van der Waals surface area contributed by atoms with Crippen molar-refractivity contribution in [2.75, 3.05) is 31.2 Å². The first kappa shape index (κ1) is 16.5. The number of anilines is 1. The molecule has 0 amide bonds. The Morgan fingerprint density at radius 1 is 1.25 bits per heavy atom. The SMILES string of the molecule is Cc1nnc(S/C(=C/c2ccc(N3CCOCC3)cc2)C(=O)O)o1. The maximum Gasteiger partial charge on any atom is 0.342 e. The molecule has 3 rings (SSSR count). The summed E-state index contributed by atoms with van der Waals surface area (Å²) in [7, 11) is 0. The van der Waals surface area contributed by atoms with Gasteiger partial charge in [-0.1, -0.05) is 12.1 Å². The van der Waals surface area contributed by atoms with E-state index in [9.17, 15) is 9.90 Å². The molecule has 2 heterocycles. The minimum absolute atomic E-state index is 0.123. The Labute approximate surface area is 143 Å². The van der Waals surface area contributed by atoms with Crippen LogP contribution in [0.2, 0.25) is 0 Å². The van der Waals surface area contributed by atoms with Gasteiger partial charge < -0.3 is 19.2 Å². The van der Waals surface area contributed by atoms with Gasteiger partial charge in [-0.25, -0.2) is 4.79 Å². The van der Waals surface area contributed by atoms with Crippen molar-refractivity contribution in [3.05, 3.63) is 40.6 Å². The normalized spacial score (nSPS) is 15.5. The largest absolute Gasteiger partial charge is 0.477 e. The molecule has 1 saturated heterocycles. The molecule has 8 heteroatoms. The highest BCUT2D eigenvalue weighted by molar-refractivity contribution is 8.03. The van der Waals surface area contributed by atoms with Gasteiger partial charge in [-0.15, -0.1) is 10.2 Å². The molecular formula is C16H17N3O4S. The fourth-order valence-corrected chi connectivity index (χ4v) is 3.02. The molecule has 0 atom stereocenters. The number of nitrogens with zero attached hydrogens (tertiary/aromatic N) is 3. The molecule has 1 fully saturated rings. The lowest BCUT2D eigenvalue weighted by Gasteiger charge is -2.28. The van der Waals surface area contributed by atoms with Gasteiger partial charge in [0.2, 0.25) is 5.89 Å². The highest BCUT2D eigenvalue weighted by Crippen LogP contribution is 2.28. The Morgan fingerprint density at radius 3 is 2.54 bits per heavy atom. The van der Waals surface area contributed by atoms with E-state index in [-0.39, 0.29) is 10.1 Å². The van der Waals surface area contributed by atoms with Crippen molar-refractivity contribution in [2.24, 2.45) is 0 Å². The number of morpholine rings is 1. The van der Waals surface area contributed by atoms with Crippen LogP contribution in [0, 0.1) is 6.92 Å². The van der Waals surface area contributed by atoms with Crippen LogP contribution in [-0.4, -0.2) is 47.6 Å². The molecular weight excluding hydrogens is 330 g/mol. The van der Waals surface area contributed by atoms with E-state index < -0.39 is 5.97 Å². The van der Waals surface area contributed by atoms with E-state index in [1.807, 2.05) is 24.3 Å². The Morgan fingerprint density at radius 2 is 1.96 bits per heavy atom. The number of carbonyl (C=O) groups is 1. The number of carboxylic acid groups (broad SMARTS) is 1. The molecule has 126 valence electrons. The molecule has 0 saturated carbocycles. The summed E-state index contributed by atoms with van der Waals surface area (Å²) in [6.07, 6.45) is 1.59. The Balaban J connectivity index is 1.75. The van der Waals surface area contributed by atoms with Crippen molar-refractivity contribution in [3.63, 3.8) is 0 Å². The fourth-order valence-electron chi connectivity index (χ4n) is 2.30. The molecule has 24 heavy (non-hydrogen) atoms. The van der Waals surface area contributed by atoms with Gasteiger partial charge in [0.1, 0.15) is 4.91 Å². The lowest BCUT2D eigenvalue weighted by molar-refractivity contribution is -0.131. The van der Waals surface area contributed by atoms with Gasteiger partial charge >= 0.3 is 5.97 Å². The molecule has 1 aliphatic rings. The third-order valence-electron chi connectivity index (χ3n) is 3.48. The van der Waals surface area contributed by atoms with E-state index in [0.29, 0.717) is 5.89 Å². The monoisotopic (exact) mass is 347 g/mol. The summed E-state index contributed by atoms with van der Waals surface area (Å²) < 4.78 is 10.6. The zero-order valence-electron chi connectivity index (χ0n) is 13.1. The summed E-state index contributed by atoms with van der Waals surface area (Å²) in [5.74, 6) is -0.634. The lowest BCUT2D eigenvalue weighted by Crippen LogP contribution is -2.36. The van der Waals surface area contributed by atoms with E-state index in [1.54, 1.807) is 13.0 Å². The number of rotatable bonds is 5. The van der Waals surface area contributed by atoms with Crippen LogP contribution in [0.15, 0.2) is 38.8 Å². The lowest BCUT2D eigenvalue weighted by atomic mass is 10.1. The number of carboxylic acids is 1. The van der Waals surface area contributed by atoms with Crippen molar-refractivity contribution >= 4 is 29.5 Å². The van der Waals surface area contributed by atoms with Gasteiger partial charge in [0.05, 0.1) is 13.2 Å². The van der Waals surface area contributed by atoms with Crippen molar-refractivity contribution in [1.82, 2.24) is 10.2 Å². The van der Waals surface area contributed by atoms with Crippen LogP contribution in [0.5, 0.6) is 0 Å². The molecule has 0 radical (unpaired) electrons. The molecule has 0 unspecified atom stereocenters. The highest BCUT2D eigenvalue weighted by Gasteiger charge is 2.15. The Hall–Kier alpha value is -2.32. The number of hydrogen-bond acceptors (Lipinski definition) is 7. The third kappa shape index (κ3) is 4.15. The van der Waals surface area contributed by atoms with Crippen LogP contribution in [0.4, 0.5) is 5.69 Å². The minimum Gasteiger partial charge on any atom is -0.477 e. The van der Waals surface area contributed by atoms with Crippen LogP contribution >= 0.6 is 11.8 Å². The molecule has 1 N–H and O–H groups in total. The topological polar surface area (TPSA) is 88.7 Å². The molecule has 1 aromatic heterocycles. The van der Waals surface area contributed by atoms with Crippen LogP contribution in [0.25, 0.3) is 6.08 Å². The quantitative estimate of drug-likeness (QED) is 0.652. The van der Waals surface area contributed by atoms with E-state index in [2.05, 4.69) is 15.1 Å². The number of ether oxygens (including phenoxy) is 1. The van der Waals surface area contributed by atoms with Gasteiger partial charge in [0.15, 0.2) is 0 Å². The predicted octanol–water partition coefficient (Wildman–Crippen LogP) is 2.43. The summed E-state index contributed by atoms with van der Waals surface area (Å²) in [4.78, 5) is 13.8. The second kappa shape index (κ2) is 7.50. The maximum absolute atomic E-state index is 11.4. The molecule has 7 nitrogen and oxygen atoms in total. The summed E-state index contributed by atoms with van der Waals surface area (Å²) in [6, 6.07) is 7.76. The summed E-state index contributed by atoms with van der Waals surface area (Å²) in [5.41, 5.74) is 1.90. The Kier molecular flexibility index (Phi) is 5.17. The number of thioether (sulfide) groups is 1. The van der Waals surface area contributed by atoms with Gasteiger partial charge in [-0.2, -0.15) is 0 Å². The zero-order chi connectivity index (χ0) is 16.9. The molecule has 1 aromatic carbocycles. The number of hydrogen-bond donors (Lipinski definition) is 1. The van der Waals surface area contributed by atoms with Crippen LogP contribution in [-0.2, 0) is 9.53 Å². The van der Waals surface area contributed by atoms with E-state index >= 15 is 0 Å². The number of benzene rings is 1. The Bertz CT molecular complexity index is 736. The average Bonchev–Trinajstić information content (AvgIpc) is 3.01. The molecule has 2 aromatic rings. The highest BCUT2D eigenvalue weighted by atomic mass is 32.2. The van der Waals surface area contributed by atoms with Crippen LogP contribution < -0.4 is 4.90 Å². The van der Waals surface area contributed by atoms with Gasteiger partial charge in [0, 0.05) is 25.7 Å². The average molecular weight is 347 g/mol. The standard InChI is InChI=1S/C16H17N3O4S/c1-11-17-18-16(23-11)24-14(15(20)21)10-12-2-4-13(5-3-12)19-6-8-22-9-7-19/h2-5,10H,6-9H2,1H3,(H,20,21)/b14-10+. The number of aromatic nitrogens is 2. The fraction of sp³-hybridized carbons (Fsp3) is 0.312. The smallest absolute Gasteiger partial charge is 0.342 e. The summed E-state index contributed by atoms with van der Waals surface area (Å²) in [5, 5.41) is 17.1. The van der Waals surface area contributed by atoms with Gasteiger partial charge in [0.25, 0.3) is 5.22 Å². The summed E-state index contributed by atoms with van der Waals surface area (Å²) >= 11 is 0.939. The molecule has 0 spiro atoms. The first-order valence-electron chi connectivity index (χ1n) is 7.47. The van der Waals surface area contributed by atoms with Gasteiger partial charge in [-0.3, -0.25) is 0 Å². The van der Waals surface area contributed by atoms with E-state index in [1.165, 1.54) is 0 Å². The zero-order valence-corrected chi connectivity index (χ0v) is 14.0. The minimum atomic E-state index is -1.03.